The molecule has 112 valence electrons. The van der Waals surface area contributed by atoms with Crippen LogP contribution in [0.25, 0.3) is 0 Å². The molecule has 0 unspecified atom stereocenters. The molecule has 0 aliphatic carbocycles. The average molecular weight is 295 g/mol. The molecule has 1 aromatic carbocycles. The highest BCUT2D eigenvalue weighted by Crippen LogP contribution is 2.37. The third kappa shape index (κ3) is 2.70. The predicted octanol–water partition coefficient (Wildman–Crippen LogP) is 2.24. The van der Waals surface area contributed by atoms with Gasteiger partial charge in [-0.15, -0.1) is 0 Å². The summed E-state index contributed by atoms with van der Waals surface area (Å²) < 4.78 is 0. The minimum absolute atomic E-state index is 0.0137. The van der Waals surface area contributed by atoms with Gasteiger partial charge in [-0.3, -0.25) is 14.6 Å². The van der Waals surface area contributed by atoms with E-state index >= 15 is 0 Å². The van der Waals surface area contributed by atoms with E-state index in [-0.39, 0.29) is 24.3 Å². The molecule has 5 nitrogen and oxygen atoms in total. The van der Waals surface area contributed by atoms with Crippen molar-refractivity contribution in [3.05, 3.63) is 60.4 Å². The first kappa shape index (κ1) is 14.3. The number of anilines is 1. The van der Waals surface area contributed by atoms with Gasteiger partial charge in [0, 0.05) is 19.7 Å². The maximum absolute atomic E-state index is 12.6. The van der Waals surface area contributed by atoms with Gasteiger partial charge in [0.05, 0.1) is 23.8 Å². The largest absolute Gasteiger partial charge is 0.338 e. The molecule has 2 amide bonds. The van der Waals surface area contributed by atoms with E-state index in [0.29, 0.717) is 5.69 Å². The first-order chi connectivity index (χ1) is 10.7. The molecule has 0 saturated carbocycles. The van der Waals surface area contributed by atoms with Crippen LogP contribution in [0, 0.1) is 5.92 Å². The zero-order chi connectivity index (χ0) is 15.5. The number of likely N-dealkylation sites (tertiary alicyclic amines) is 1. The number of nitrogens with one attached hydrogen (secondary N) is 1. The molecule has 1 fully saturated rings. The van der Waals surface area contributed by atoms with Gasteiger partial charge < -0.3 is 10.2 Å². The highest BCUT2D eigenvalue weighted by molar-refractivity contribution is 5.97. The molecule has 5 heteroatoms. The molecule has 0 spiro atoms. The number of carbonyl (C=O) groups is 2. The van der Waals surface area contributed by atoms with Crippen molar-refractivity contribution in [2.24, 2.45) is 5.92 Å². The fourth-order valence-corrected chi connectivity index (χ4v) is 2.88. The Morgan fingerprint density at radius 1 is 1.23 bits per heavy atom. The van der Waals surface area contributed by atoms with Crippen molar-refractivity contribution in [3.63, 3.8) is 0 Å². The van der Waals surface area contributed by atoms with Crippen LogP contribution in [0.2, 0.25) is 0 Å². The van der Waals surface area contributed by atoms with Crippen LogP contribution in [-0.2, 0) is 9.59 Å². The van der Waals surface area contributed by atoms with Crippen molar-refractivity contribution in [3.8, 4) is 0 Å². The summed E-state index contributed by atoms with van der Waals surface area (Å²) in [5.41, 5.74) is 1.61. The summed E-state index contributed by atoms with van der Waals surface area (Å²) in [6, 6.07) is 13.0. The summed E-state index contributed by atoms with van der Waals surface area (Å²) in [4.78, 5) is 30.3. The van der Waals surface area contributed by atoms with Crippen LogP contribution in [0.3, 0.4) is 0 Å². The van der Waals surface area contributed by atoms with E-state index in [1.807, 2.05) is 30.3 Å². The Balaban J connectivity index is 1.84. The molecule has 22 heavy (non-hydrogen) atoms. The van der Waals surface area contributed by atoms with E-state index in [0.717, 1.165) is 5.56 Å². The third-order valence-corrected chi connectivity index (χ3v) is 3.99. The Bertz CT molecular complexity index is 673. The van der Waals surface area contributed by atoms with Gasteiger partial charge in [0.25, 0.3) is 0 Å². The van der Waals surface area contributed by atoms with Crippen molar-refractivity contribution < 1.29 is 9.59 Å². The van der Waals surface area contributed by atoms with Gasteiger partial charge in [-0.25, -0.2) is 0 Å². The lowest BCUT2D eigenvalue weighted by Gasteiger charge is -2.24. The Kier molecular flexibility index (Phi) is 3.87. The maximum atomic E-state index is 12.6. The maximum Gasteiger partial charge on any atom is 0.230 e. The number of rotatable bonds is 3. The molecule has 1 aliphatic heterocycles. The number of hydrogen-bond acceptors (Lipinski definition) is 3. The summed E-state index contributed by atoms with van der Waals surface area (Å²) in [6.07, 6.45) is 3.47. The van der Waals surface area contributed by atoms with Crippen LogP contribution in [-0.4, -0.2) is 28.7 Å². The molecule has 2 heterocycles. The first-order valence-corrected chi connectivity index (χ1v) is 7.18. The molecule has 0 radical (unpaired) electrons. The van der Waals surface area contributed by atoms with Gasteiger partial charge in [0.2, 0.25) is 11.8 Å². The smallest absolute Gasteiger partial charge is 0.230 e. The summed E-state index contributed by atoms with van der Waals surface area (Å²) in [6.45, 7) is 0. The normalized spacial score (nSPS) is 21.0. The van der Waals surface area contributed by atoms with Crippen molar-refractivity contribution >= 4 is 17.5 Å². The van der Waals surface area contributed by atoms with E-state index in [4.69, 9.17) is 0 Å². The molecule has 1 aliphatic rings. The quantitative estimate of drug-likeness (QED) is 0.944. The van der Waals surface area contributed by atoms with Gasteiger partial charge in [-0.05, 0) is 17.7 Å². The molecule has 0 bridgehead atoms. The van der Waals surface area contributed by atoms with E-state index in [1.54, 1.807) is 36.5 Å². The van der Waals surface area contributed by atoms with Crippen molar-refractivity contribution in [1.82, 2.24) is 9.88 Å². The Morgan fingerprint density at radius 2 is 2.00 bits per heavy atom. The number of carbonyl (C=O) groups excluding carboxylic acids is 2. The minimum Gasteiger partial charge on any atom is -0.338 e. The van der Waals surface area contributed by atoms with Crippen LogP contribution in [0.5, 0.6) is 0 Å². The van der Waals surface area contributed by atoms with Crippen molar-refractivity contribution in [1.29, 1.82) is 0 Å². The minimum atomic E-state index is -0.403. The number of benzene rings is 1. The zero-order valence-corrected chi connectivity index (χ0v) is 12.3. The van der Waals surface area contributed by atoms with E-state index < -0.39 is 5.92 Å². The summed E-state index contributed by atoms with van der Waals surface area (Å²) in [7, 11) is 1.75. The van der Waals surface area contributed by atoms with E-state index in [9.17, 15) is 9.59 Å². The lowest BCUT2D eigenvalue weighted by molar-refractivity contribution is -0.127. The van der Waals surface area contributed by atoms with Crippen LogP contribution in [0.15, 0.2) is 54.9 Å². The SMILES string of the molecule is CN1C(=O)C[C@H](C(=O)Nc2cccnc2)[C@H]1c1ccccc1. The molecule has 3 rings (SSSR count). The second kappa shape index (κ2) is 5.97. The third-order valence-electron chi connectivity index (χ3n) is 3.99. The Hall–Kier alpha value is -2.69. The lowest BCUT2D eigenvalue weighted by Crippen LogP contribution is -2.30. The van der Waals surface area contributed by atoms with E-state index in [2.05, 4.69) is 10.3 Å². The van der Waals surface area contributed by atoms with Crippen molar-refractivity contribution in [2.75, 3.05) is 12.4 Å². The van der Waals surface area contributed by atoms with Gasteiger partial charge in [0.15, 0.2) is 0 Å². The van der Waals surface area contributed by atoms with Gasteiger partial charge >= 0.3 is 0 Å². The molecule has 1 aromatic heterocycles. The lowest BCUT2D eigenvalue weighted by atomic mass is 9.93. The molecule has 2 aromatic rings. The summed E-state index contributed by atoms with van der Waals surface area (Å²) in [5.74, 6) is -0.570. The fraction of sp³-hybridized carbons (Fsp3) is 0.235. The fourth-order valence-electron chi connectivity index (χ4n) is 2.88. The van der Waals surface area contributed by atoms with Crippen LogP contribution >= 0.6 is 0 Å². The average Bonchev–Trinajstić information content (AvgIpc) is 2.85. The molecule has 1 N–H and O–H groups in total. The number of aromatic nitrogens is 1. The van der Waals surface area contributed by atoms with Gasteiger partial charge in [-0.1, -0.05) is 30.3 Å². The summed E-state index contributed by atoms with van der Waals surface area (Å²) >= 11 is 0. The highest BCUT2D eigenvalue weighted by Gasteiger charge is 2.42. The number of hydrogen-bond donors (Lipinski definition) is 1. The van der Waals surface area contributed by atoms with Crippen LogP contribution < -0.4 is 5.32 Å². The second-order valence-corrected chi connectivity index (χ2v) is 5.40. The number of pyridine rings is 1. The molecular weight excluding hydrogens is 278 g/mol. The number of amides is 2. The molecular formula is C17H17N3O2. The second-order valence-electron chi connectivity index (χ2n) is 5.40. The topological polar surface area (TPSA) is 62.3 Å². The molecule has 2 atom stereocenters. The van der Waals surface area contributed by atoms with Gasteiger partial charge in [-0.2, -0.15) is 0 Å². The van der Waals surface area contributed by atoms with E-state index in [1.165, 1.54) is 0 Å². The zero-order valence-electron chi connectivity index (χ0n) is 12.3. The predicted molar refractivity (Wildman–Crippen MR) is 82.9 cm³/mol. The van der Waals surface area contributed by atoms with Crippen LogP contribution in [0.1, 0.15) is 18.0 Å². The first-order valence-electron chi connectivity index (χ1n) is 7.18. The monoisotopic (exact) mass is 295 g/mol. The molecule has 1 saturated heterocycles. The summed E-state index contributed by atoms with van der Waals surface area (Å²) in [5, 5.41) is 2.84. The standard InChI is InChI=1S/C17H17N3O2/c1-20-15(21)10-14(16(20)12-6-3-2-4-7-12)17(22)19-13-8-5-9-18-11-13/h2-9,11,14,16H,10H2,1H3,(H,19,22)/t14-,16+/m0/s1. The highest BCUT2D eigenvalue weighted by atomic mass is 16.2. The Labute approximate surface area is 129 Å². The number of nitrogens with zero attached hydrogens (tertiary/aromatic N) is 2. The van der Waals surface area contributed by atoms with Crippen LogP contribution in [0.4, 0.5) is 5.69 Å². The Morgan fingerprint density at radius 3 is 2.68 bits per heavy atom. The van der Waals surface area contributed by atoms with Crippen molar-refractivity contribution in [2.45, 2.75) is 12.5 Å². The van der Waals surface area contributed by atoms with Gasteiger partial charge in [0.1, 0.15) is 0 Å².